The van der Waals surface area contributed by atoms with Crippen molar-refractivity contribution >= 4 is 11.6 Å². The molecule has 3 aliphatic rings. The topological polar surface area (TPSA) is 37.3 Å². The van der Waals surface area contributed by atoms with E-state index in [1.54, 1.807) is 0 Å². The van der Waals surface area contributed by atoms with E-state index in [1.807, 2.05) is 18.2 Å². The SMILES string of the molecule is Cc1ccc(NC(=O)c2cc(-c3ccccc3)n(C3CN4CCC3CC4)c2C)cc1C. The number of rotatable bonds is 4. The van der Waals surface area contributed by atoms with Crippen LogP contribution in [0.25, 0.3) is 11.3 Å². The van der Waals surface area contributed by atoms with Crippen LogP contribution in [-0.4, -0.2) is 35.0 Å². The van der Waals surface area contributed by atoms with Gasteiger partial charge in [0.1, 0.15) is 0 Å². The Kier molecular flexibility index (Phi) is 5.19. The molecular weight excluding hydrogens is 382 g/mol. The maximum Gasteiger partial charge on any atom is 0.257 e. The van der Waals surface area contributed by atoms with Gasteiger partial charge in [0, 0.05) is 29.7 Å². The molecule has 1 amide bonds. The summed E-state index contributed by atoms with van der Waals surface area (Å²) in [7, 11) is 0. The predicted octanol–water partition coefficient (Wildman–Crippen LogP) is 5.60. The van der Waals surface area contributed by atoms with Gasteiger partial charge in [-0.05, 0) is 87.5 Å². The molecule has 1 unspecified atom stereocenters. The monoisotopic (exact) mass is 413 g/mol. The van der Waals surface area contributed by atoms with Gasteiger partial charge >= 0.3 is 0 Å². The number of aromatic nitrogens is 1. The minimum absolute atomic E-state index is 0.0297. The summed E-state index contributed by atoms with van der Waals surface area (Å²) in [5.41, 5.74) is 7.43. The summed E-state index contributed by atoms with van der Waals surface area (Å²) in [6, 6.07) is 19.1. The number of benzene rings is 2. The molecule has 4 heteroatoms. The van der Waals surface area contributed by atoms with Crippen molar-refractivity contribution in [2.45, 2.75) is 39.7 Å². The maximum atomic E-state index is 13.3. The number of hydrogen-bond acceptors (Lipinski definition) is 2. The number of aryl methyl sites for hydroxylation is 2. The van der Waals surface area contributed by atoms with Crippen molar-refractivity contribution in [2.24, 2.45) is 5.92 Å². The summed E-state index contributed by atoms with van der Waals surface area (Å²) < 4.78 is 2.46. The van der Waals surface area contributed by atoms with E-state index in [-0.39, 0.29) is 5.91 Å². The Morgan fingerprint density at radius 1 is 0.935 bits per heavy atom. The van der Waals surface area contributed by atoms with E-state index in [9.17, 15) is 4.79 Å². The number of nitrogens with one attached hydrogen (secondary N) is 1. The smallest absolute Gasteiger partial charge is 0.257 e. The molecule has 3 saturated heterocycles. The number of anilines is 1. The van der Waals surface area contributed by atoms with Crippen molar-refractivity contribution in [3.05, 3.63) is 77.0 Å². The highest BCUT2D eigenvalue weighted by atomic mass is 16.1. The number of piperidine rings is 3. The highest BCUT2D eigenvalue weighted by Gasteiger charge is 2.37. The van der Waals surface area contributed by atoms with Crippen molar-refractivity contribution in [3.8, 4) is 11.3 Å². The Morgan fingerprint density at radius 3 is 2.32 bits per heavy atom. The molecule has 3 fully saturated rings. The van der Waals surface area contributed by atoms with E-state index in [0.717, 1.165) is 29.2 Å². The van der Waals surface area contributed by atoms with Crippen molar-refractivity contribution in [2.75, 3.05) is 25.0 Å². The first kappa shape index (κ1) is 20.1. The van der Waals surface area contributed by atoms with E-state index >= 15 is 0 Å². The Hall–Kier alpha value is -2.85. The van der Waals surface area contributed by atoms with Gasteiger partial charge < -0.3 is 14.8 Å². The third-order valence-corrected chi connectivity index (χ3v) is 7.32. The highest BCUT2D eigenvalue weighted by Crippen LogP contribution is 2.40. The zero-order chi connectivity index (χ0) is 21.5. The van der Waals surface area contributed by atoms with E-state index in [2.05, 4.69) is 72.0 Å². The van der Waals surface area contributed by atoms with Gasteiger partial charge in [-0.15, -0.1) is 0 Å². The second kappa shape index (κ2) is 8.01. The molecule has 4 nitrogen and oxygen atoms in total. The van der Waals surface area contributed by atoms with Crippen LogP contribution in [0, 0.1) is 26.7 Å². The molecule has 1 N–H and O–H groups in total. The van der Waals surface area contributed by atoms with Crippen LogP contribution < -0.4 is 5.32 Å². The Morgan fingerprint density at radius 2 is 1.68 bits per heavy atom. The average Bonchev–Trinajstić information content (AvgIpc) is 3.15. The third kappa shape index (κ3) is 3.70. The van der Waals surface area contributed by atoms with E-state index in [4.69, 9.17) is 0 Å². The first-order valence-electron chi connectivity index (χ1n) is 11.4. The number of carbonyl (C=O) groups is 1. The molecule has 2 aromatic carbocycles. The molecule has 160 valence electrons. The summed E-state index contributed by atoms with van der Waals surface area (Å²) in [5.74, 6) is 0.659. The van der Waals surface area contributed by atoms with E-state index in [0.29, 0.717) is 12.0 Å². The van der Waals surface area contributed by atoms with Crippen LogP contribution in [0.15, 0.2) is 54.6 Å². The number of fused-ring (bicyclic) bond motifs is 3. The lowest BCUT2D eigenvalue weighted by Gasteiger charge is -2.46. The van der Waals surface area contributed by atoms with Gasteiger partial charge in [-0.25, -0.2) is 0 Å². The van der Waals surface area contributed by atoms with Gasteiger partial charge in [0.05, 0.1) is 5.56 Å². The van der Waals surface area contributed by atoms with Gasteiger partial charge in [-0.1, -0.05) is 36.4 Å². The second-order valence-corrected chi connectivity index (χ2v) is 9.22. The van der Waals surface area contributed by atoms with Gasteiger partial charge in [0.25, 0.3) is 5.91 Å². The fourth-order valence-electron chi connectivity index (χ4n) is 5.35. The summed E-state index contributed by atoms with van der Waals surface area (Å²) >= 11 is 0. The van der Waals surface area contributed by atoms with Gasteiger partial charge in [0.2, 0.25) is 0 Å². The molecule has 0 aliphatic carbocycles. The maximum absolute atomic E-state index is 13.3. The fraction of sp³-hybridized carbons (Fsp3) is 0.370. The summed E-state index contributed by atoms with van der Waals surface area (Å²) in [5, 5.41) is 3.13. The van der Waals surface area contributed by atoms with Gasteiger partial charge in [-0.2, -0.15) is 0 Å². The lowest BCUT2D eigenvalue weighted by atomic mass is 9.83. The molecule has 3 aliphatic heterocycles. The van der Waals surface area contributed by atoms with Crippen LogP contribution in [0.4, 0.5) is 5.69 Å². The second-order valence-electron chi connectivity index (χ2n) is 9.22. The van der Waals surface area contributed by atoms with Crippen LogP contribution in [0.3, 0.4) is 0 Å². The van der Waals surface area contributed by atoms with Crippen LogP contribution in [0.1, 0.15) is 46.1 Å². The molecule has 0 radical (unpaired) electrons. The molecule has 0 spiro atoms. The molecule has 4 heterocycles. The molecule has 1 aromatic heterocycles. The Labute approximate surface area is 184 Å². The molecule has 0 saturated carbocycles. The normalized spacial score (nSPS) is 22.5. The van der Waals surface area contributed by atoms with Crippen molar-refractivity contribution in [1.29, 1.82) is 0 Å². The number of amides is 1. The first-order chi connectivity index (χ1) is 15.0. The number of nitrogens with zero attached hydrogens (tertiary/aromatic N) is 2. The third-order valence-electron chi connectivity index (χ3n) is 7.32. The van der Waals surface area contributed by atoms with Crippen molar-refractivity contribution < 1.29 is 4.79 Å². The van der Waals surface area contributed by atoms with Crippen LogP contribution in [0.5, 0.6) is 0 Å². The molecular formula is C27H31N3O. The van der Waals surface area contributed by atoms with E-state index < -0.39 is 0 Å². The van der Waals surface area contributed by atoms with Crippen molar-refractivity contribution in [3.63, 3.8) is 0 Å². The largest absolute Gasteiger partial charge is 0.339 e. The Balaban J connectivity index is 1.54. The molecule has 2 bridgehead atoms. The van der Waals surface area contributed by atoms with Crippen LogP contribution in [-0.2, 0) is 0 Å². The quantitative estimate of drug-likeness (QED) is 0.604. The molecule has 3 aromatic rings. The molecule has 31 heavy (non-hydrogen) atoms. The predicted molar refractivity (Wildman–Crippen MR) is 127 cm³/mol. The van der Waals surface area contributed by atoms with Gasteiger partial charge in [-0.3, -0.25) is 4.79 Å². The highest BCUT2D eigenvalue weighted by molar-refractivity contribution is 6.06. The minimum atomic E-state index is -0.0297. The zero-order valence-electron chi connectivity index (χ0n) is 18.7. The lowest BCUT2D eigenvalue weighted by molar-refractivity contribution is 0.0570. The van der Waals surface area contributed by atoms with Crippen LogP contribution >= 0.6 is 0 Å². The zero-order valence-corrected chi connectivity index (χ0v) is 18.7. The molecule has 1 atom stereocenters. The summed E-state index contributed by atoms with van der Waals surface area (Å²) in [4.78, 5) is 15.9. The van der Waals surface area contributed by atoms with Crippen molar-refractivity contribution in [1.82, 2.24) is 9.47 Å². The Bertz CT molecular complexity index is 1110. The average molecular weight is 414 g/mol. The standard InChI is InChI=1S/C27H31N3O/c1-18-9-10-23(15-19(18)2)28-27(31)24-16-25(21-7-5-4-6-8-21)30(20(24)3)26-17-29-13-11-22(26)12-14-29/h4-10,15-16,22,26H,11-14,17H2,1-3H3,(H,28,31). The summed E-state index contributed by atoms with van der Waals surface area (Å²) in [6.07, 6.45) is 2.50. The lowest BCUT2D eigenvalue weighted by Crippen LogP contribution is -2.48. The number of hydrogen-bond donors (Lipinski definition) is 1. The molecule has 6 rings (SSSR count). The fourth-order valence-corrected chi connectivity index (χ4v) is 5.35. The summed E-state index contributed by atoms with van der Waals surface area (Å²) in [6.45, 7) is 9.78. The first-order valence-corrected chi connectivity index (χ1v) is 11.4. The van der Waals surface area contributed by atoms with Gasteiger partial charge in [0.15, 0.2) is 0 Å². The van der Waals surface area contributed by atoms with Crippen LogP contribution in [0.2, 0.25) is 0 Å². The number of carbonyl (C=O) groups excluding carboxylic acids is 1. The van der Waals surface area contributed by atoms with E-state index in [1.165, 1.54) is 42.6 Å². The minimum Gasteiger partial charge on any atom is -0.339 e.